The summed E-state index contributed by atoms with van der Waals surface area (Å²) < 4.78 is 34.7. The number of hydrogen-bond acceptors (Lipinski definition) is 4. The molecular formula is C20H25NO3S2. The number of aryl methyl sites for hydroxylation is 2. The molecule has 0 spiro atoms. The average molecular weight is 392 g/mol. The summed E-state index contributed by atoms with van der Waals surface area (Å²) >= 11 is 1.62. The summed E-state index contributed by atoms with van der Waals surface area (Å²) in [4.78, 5) is 1.48. The van der Waals surface area contributed by atoms with Crippen molar-refractivity contribution in [1.82, 2.24) is 4.72 Å². The Morgan fingerprint density at radius 1 is 1.08 bits per heavy atom. The van der Waals surface area contributed by atoms with Gasteiger partial charge in [-0.15, -0.1) is 11.3 Å². The van der Waals surface area contributed by atoms with E-state index in [1.807, 2.05) is 29.6 Å². The van der Waals surface area contributed by atoms with Crippen molar-refractivity contribution in [2.24, 2.45) is 5.92 Å². The Balaban J connectivity index is 1.61. The summed E-state index contributed by atoms with van der Waals surface area (Å²) in [6, 6.07) is 9.48. The van der Waals surface area contributed by atoms with Gasteiger partial charge in [0.05, 0.1) is 10.9 Å². The molecule has 1 aliphatic heterocycles. The van der Waals surface area contributed by atoms with Crippen molar-refractivity contribution in [2.45, 2.75) is 49.5 Å². The molecule has 140 valence electrons. The van der Waals surface area contributed by atoms with Crippen LogP contribution in [0.1, 0.15) is 47.7 Å². The zero-order valence-electron chi connectivity index (χ0n) is 14.8. The molecule has 0 radical (unpaired) electrons. The quantitative estimate of drug-likeness (QED) is 0.836. The highest BCUT2D eigenvalue weighted by molar-refractivity contribution is 7.89. The molecule has 0 saturated carbocycles. The van der Waals surface area contributed by atoms with E-state index in [0.717, 1.165) is 37.0 Å². The first-order chi connectivity index (χ1) is 12.6. The van der Waals surface area contributed by atoms with E-state index < -0.39 is 10.0 Å². The Kier molecular flexibility index (Phi) is 5.45. The van der Waals surface area contributed by atoms with Crippen molar-refractivity contribution in [2.75, 3.05) is 13.2 Å². The van der Waals surface area contributed by atoms with Crippen LogP contribution in [0.4, 0.5) is 0 Å². The zero-order chi connectivity index (χ0) is 18.0. The molecule has 2 aliphatic rings. The molecule has 1 N–H and O–H groups in total. The maximum Gasteiger partial charge on any atom is 0.241 e. The third kappa shape index (κ3) is 3.88. The van der Waals surface area contributed by atoms with Gasteiger partial charge < -0.3 is 4.74 Å². The molecule has 1 aromatic carbocycles. The van der Waals surface area contributed by atoms with Gasteiger partial charge in [0.1, 0.15) is 0 Å². The fourth-order valence-electron chi connectivity index (χ4n) is 4.02. The lowest BCUT2D eigenvalue weighted by atomic mass is 9.91. The van der Waals surface area contributed by atoms with Crippen LogP contribution in [0.25, 0.3) is 0 Å². The molecule has 1 fully saturated rings. The van der Waals surface area contributed by atoms with Gasteiger partial charge >= 0.3 is 0 Å². The van der Waals surface area contributed by atoms with Crippen LogP contribution in [0, 0.1) is 5.92 Å². The second-order valence-corrected chi connectivity index (χ2v) is 9.90. The third-order valence-electron chi connectivity index (χ3n) is 5.50. The van der Waals surface area contributed by atoms with Gasteiger partial charge in [0.25, 0.3) is 0 Å². The van der Waals surface area contributed by atoms with Gasteiger partial charge in [-0.25, -0.2) is 13.1 Å². The SMILES string of the molecule is O=S(=O)(NC(c1cccs1)C1CCOCC1)c1ccc2c(c1)CCCC2. The third-order valence-corrected chi connectivity index (χ3v) is 7.89. The van der Waals surface area contributed by atoms with E-state index in [2.05, 4.69) is 4.72 Å². The van der Waals surface area contributed by atoms with E-state index in [0.29, 0.717) is 18.1 Å². The number of nitrogens with one attached hydrogen (secondary N) is 1. The highest BCUT2D eigenvalue weighted by Crippen LogP contribution is 2.34. The van der Waals surface area contributed by atoms with Gasteiger partial charge in [-0.05, 0) is 79.1 Å². The molecule has 4 nitrogen and oxygen atoms in total. The molecule has 1 atom stereocenters. The molecule has 1 aromatic heterocycles. The zero-order valence-corrected chi connectivity index (χ0v) is 16.4. The summed E-state index contributed by atoms with van der Waals surface area (Å²) in [6.07, 6.45) is 6.14. The first-order valence-electron chi connectivity index (χ1n) is 9.39. The molecule has 26 heavy (non-hydrogen) atoms. The minimum Gasteiger partial charge on any atom is -0.381 e. The van der Waals surface area contributed by atoms with Crippen LogP contribution in [-0.2, 0) is 27.6 Å². The topological polar surface area (TPSA) is 55.4 Å². The molecule has 0 amide bonds. The Labute approximate surface area is 159 Å². The van der Waals surface area contributed by atoms with E-state index in [-0.39, 0.29) is 12.0 Å². The van der Waals surface area contributed by atoms with Crippen molar-refractivity contribution in [1.29, 1.82) is 0 Å². The van der Waals surface area contributed by atoms with E-state index in [1.165, 1.54) is 17.5 Å². The lowest BCUT2D eigenvalue weighted by Gasteiger charge is -2.30. The first kappa shape index (κ1) is 18.2. The van der Waals surface area contributed by atoms with Gasteiger partial charge in [-0.3, -0.25) is 0 Å². The lowest BCUT2D eigenvalue weighted by molar-refractivity contribution is 0.0568. The summed E-state index contributed by atoms with van der Waals surface area (Å²) in [7, 11) is -3.55. The summed E-state index contributed by atoms with van der Waals surface area (Å²) in [5.74, 6) is 0.273. The highest BCUT2D eigenvalue weighted by Gasteiger charge is 2.31. The van der Waals surface area contributed by atoms with E-state index in [1.54, 1.807) is 17.4 Å². The van der Waals surface area contributed by atoms with Crippen LogP contribution in [0.3, 0.4) is 0 Å². The number of hydrogen-bond donors (Lipinski definition) is 1. The molecule has 1 unspecified atom stereocenters. The molecule has 1 aliphatic carbocycles. The normalized spacial score (nSPS) is 19.8. The number of ether oxygens (including phenoxy) is 1. The second-order valence-electron chi connectivity index (χ2n) is 7.20. The molecule has 0 bridgehead atoms. The number of benzene rings is 1. The van der Waals surface area contributed by atoms with Crippen LogP contribution < -0.4 is 4.72 Å². The fraction of sp³-hybridized carbons (Fsp3) is 0.500. The largest absolute Gasteiger partial charge is 0.381 e. The van der Waals surface area contributed by atoms with Gasteiger partial charge in [0.15, 0.2) is 0 Å². The Bertz CT molecular complexity index is 840. The van der Waals surface area contributed by atoms with E-state index in [9.17, 15) is 8.42 Å². The molecule has 2 heterocycles. The second kappa shape index (κ2) is 7.80. The van der Waals surface area contributed by atoms with Crippen molar-refractivity contribution < 1.29 is 13.2 Å². The van der Waals surface area contributed by atoms with Gasteiger partial charge in [0, 0.05) is 18.1 Å². The fourth-order valence-corrected chi connectivity index (χ4v) is 6.29. The highest BCUT2D eigenvalue weighted by atomic mass is 32.2. The Hall–Kier alpha value is -1.21. The Morgan fingerprint density at radius 2 is 1.85 bits per heavy atom. The average Bonchev–Trinajstić information content (AvgIpc) is 3.21. The smallest absolute Gasteiger partial charge is 0.241 e. The monoisotopic (exact) mass is 391 g/mol. The molecule has 2 aromatic rings. The van der Waals surface area contributed by atoms with Crippen molar-refractivity contribution in [3.8, 4) is 0 Å². The first-order valence-corrected chi connectivity index (χ1v) is 11.7. The molecule has 6 heteroatoms. The summed E-state index contributed by atoms with van der Waals surface area (Å²) in [5.41, 5.74) is 2.49. The van der Waals surface area contributed by atoms with Crippen LogP contribution in [0.2, 0.25) is 0 Å². The maximum atomic E-state index is 13.1. The number of rotatable bonds is 5. The van der Waals surface area contributed by atoms with Gasteiger partial charge in [-0.2, -0.15) is 0 Å². The summed E-state index contributed by atoms with van der Waals surface area (Å²) in [5, 5.41) is 2.01. The lowest BCUT2D eigenvalue weighted by Crippen LogP contribution is -2.35. The van der Waals surface area contributed by atoms with Crippen molar-refractivity contribution in [3.05, 3.63) is 51.7 Å². The molecule has 4 rings (SSSR count). The van der Waals surface area contributed by atoms with Crippen LogP contribution >= 0.6 is 11.3 Å². The van der Waals surface area contributed by atoms with Gasteiger partial charge in [0.2, 0.25) is 10.0 Å². The van der Waals surface area contributed by atoms with Crippen molar-refractivity contribution in [3.63, 3.8) is 0 Å². The predicted octanol–water partition coefficient (Wildman–Crippen LogP) is 4.07. The van der Waals surface area contributed by atoms with E-state index >= 15 is 0 Å². The van der Waals surface area contributed by atoms with Gasteiger partial charge in [-0.1, -0.05) is 12.1 Å². The molecule has 1 saturated heterocycles. The van der Waals surface area contributed by atoms with Crippen LogP contribution in [-0.4, -0.2) is 21.6 Å². The van der Waals surface area contributed by atoms with Crippen molar-refractivity contribution >= 4 is 21.4 Å². The minimum absolute atomic E-state index is 0.181. The Morgan fingerprint density at radius 3 is 2.58 bits per heavy atom. The standard InChI is InChI=1S/C20H25NO3S2/c22-26(23,18-8-7-15-4-1-2-5-17(15)14-18)21-20(19-6-3-13-25-19)16-9-11-24-12-10-16/h3,6-8,13-14,16,20-21H,1-2,4-5,9-12H2. The minimum atomic E-state index is -3.55. The number of sulfonamides is 1. The van der Waals surface area contributed by atoms with Crippen LogP contribution in [0.5, 0.6) is 0 Å². The summed E-state index contributed by atoms with van der Waals surface area (Å²) in [6.45, 7) is 1.40. The predicted molar refractivity (Wildman–Crippen MR) is 104 cm³/mol. The molecular weight excluding hydrogens is 366 g/mol. The number of thiophene rings is 1. The van der Waals surface area contributed by atoms with Crippen LogP contribution in [0.15, 0.2) is 40.6 Å². The van der Waals surface area contributed by atoms with E-state index in [4.69, 9.17) is 4.74 Å². The maximum absolute atomic E-state index is 13.1. The number of fused-ring (bicyclic) bond motifs is 1.